The Hall–Kier alpha value is -4.25. The Bertz CT molecular complexity index is 816. The SMILES string of the molecule is C=CC(=O)OCC(C=C)(COCC(COC(=O)C=C)(COC(=O)C=C)COC(=O)C=C)COC(=O)C=C. The molecule has 0 saturated carbocycles. The lowest BCUT2D eigenvalue weighted by molar-refractivity contribution is -0.163. The van der Waals surface area contributed by atoms with Crippen LogP contribution in [0.1, 0.15) is 0 Å². The topological polar surface area (TPSA) is 141 Å². The van der Waals surface area contributed by atoms with Crippen molar-refractivity contribution in [1.29, 1.82) is 0 Å². The van der Waals surface area contributed by atoms with Gasteiger partial charge in [0, 0.05) is 30.4 Å². The van der Waals surface area contributed by atoms with Crippen molar-refractivity contribution < 1.29 is 52.4 Å². The van der Waals surface area contributed by atoms with E-state index in [0.29, 0.717) is 0 Å². The molecule has 0 aliphatic carbocycles. The van der Waals surface area contributed by atoms with Gasteiger partial charge in [0.2, 0.25) is 0 Å². The number of carbonyl (C=O) groups is 5. The van der Waals surface area contributed by atoms with E-state index in [2.05, 4.69) is 39.5 Å². The molecule has 202 valence electrons. The van der Waals surface area contributed by atoms with Gasteiger partial charge in [0.1, 0.15) is 33.0 Å². The summed E-state index contributed by atoms with van der Waals surface area (Å²) in [5.74, 6) is -3.84. The van der Waals surface area contributed by atoms with E-state index in [0.717, 1.165) is 30.4 Å². The van der Waals surface area contributed by atoms with Crippen LogP contribution in [0.3, 0.4) is 0 Å². The van der Waals surface area contributed by atoms with Gasteiger partial charge in [-0.1, -0.05) is 39.0 Å². The van der Waals surface area contributed by atoms with Gasteiger partial charge >= 0.3 is 29.8 Å². The van der Waals surface area contributed by atoms with Crippen LogP contribution in [0.5, 0.6) is 0 Å². The van der Waals surface area contributed by atoms with Crippen LogP contribution in [0.4, 0.5) is 0 Å². The van der Waals surface area contributed by atoms with Crippen LogP contribution < -0.4 is 0 Å². The van der Waals surface area contributed by atoms with Gasteiger partial charge in [-0.25, -0.2) is 24.0 Å². The van der Waals surface area contributed by atoms with Crippen LogP contribution in [0, 0.1) is 10.8 Å². The number of esters is 5. The summed E-state index contributed by atoms with van der Waals surface area (Å²) in [6, 6.07) is 0. The smallest absolute Gasteiger partial charge is 0.330 e. The third-order valence-corrected chi connectivity index (χ3v) is 4.63. The first-order valence-electron chi connectivity index (χ1n) is 10.7. The van der Waals surface area contributed by atoms with E-state index in [1.807, 2.05) is 0 Å². The summed E-state index contributed by atoms with van der Waals surface area (Å²) in [6.45, 7) is 17.9. The molecule has 0 aliphatic heterocycles. The first kappa shape index (κ1) is 32.8. The number of ether oxygens (including phenoxy) is 6. The second-order valence-electron chi connectivity index (χ2n) is 7.62. The van der Waals surface area contributed by atoms with Gasteiger partial charge in [0.15, 0.2) is 0 Å². The molecule has 0 aromatic heterocycles. The lowest BCUT2D eigenvalue weighted by Crippen LogP contribution is -2.45. The van der Waals surface area contributed by atoms with Crippen LogP contribution >= 0.6 is 0 Å². The summed E-state index contributed by atoms with van der Waals surface area (Å²) in [5, 5.41) is 0. The van der Waals surface area contributed by atoms with Gasteiger partial charge < -0.3 is 28.4 Å². The van der Waals surface area contributed by atoms with E-state index in [1.165, 1.54) is 6.08 Å². The number of hydrogen-bond acceptors (Lipinski definition) is 11. The maximum atomic E-state index is 11.7. The molecule has 0 amide bonds. The average Bonchev–Trinajstić information content (AvgIpc) is 2.93. The van der Waals surface area contributed by atoms with Crippen molar-refractivity contribution in [2.75, 3.05) is 46.2 Å². The number of carbonyl (C=O) groups excluding carboxylic acids is 5. The maximum Gasteiger partial charge on any atom is 0.330 e. The van der Waals surface area contributed by atoms with Gasteiger partial charge in [-0.15, -0.1) is 6.58 Å². The summed E-state index contributed by atoms with van der Waals surface area (Å²) in [5.41, 5.74) is -2.62. The molecule has 11 heteroatoms. The Morgan fingerprint density at radius 2 is 0.757 bits per heavy atom. The van der Waals surface area contributed by atoms with Crippen molar-refractivity contribution in [1.82, 2.24) is 0 Å². The van der Waals surface area contributed by atoms with Crippen molar-refractivity contribution >= 4 is 29.8 Å². The van der Waals surface area contributed by atoms with Crippen molar-refractivity contribution in [3.05, 3.63) is 75.9 Å². The Labute approximate surface area is 215 Å². The predicted molar refractivity (Wildman–Crippen MR) is 132 cm³/mol. The summed E-state index contributed by atoms with van der Waals surface area (Å²) in [6.07, 6.45) is 6.02. The molecule has 0 bridgehead atoms. The van der Waals surface area contributed by atoms with Crippen LogP contribution in [-0.4, -0.2) is 76.1 Å². The highest BCUT2D eigenvalue weighted by molar-refractivity contribution is 5.82. The van der Waals surface area contributed by atoms with E-state index in [9.17, 15) is 24.0 Å². The summed E-state index contributed by atoms with van der Waals surface area (Å²) < 4.78 is 31.4. The third-order valence-electron chi connectivity index (χ3n) is 4.63. The number of rotatable bonds is 20. The molecule has 11 nitrogen and oxygen atoms in total. The number of hydrogen-bond donors (Lipinski definition) is 0. The third kappa shape index (κ3) is 12.9. The van der Waals surface area contributed by atoms with E-state index in [1.54, 1.807) is 0 Å². The highest BCUT2D eigenvalue weighted by atomic mass is 16.6. The quantitative estimate of drug-likeness (QED) is 0.100. The standard InChI is InChI=1S/C26H32O11/c1-7-20(27)33-15-25(12-6,16-34-21(28)8-2)13-32-14-26(17-35-22(29)9-3,18-36-23(30)10-4)19-37-24(31)11-5/h7-12H,1-6,13-19H2. The van der Waals surface area contributed by atoms with Gasteiger partial charge in [-0.2, -0.15) is 0 Å². The van der Waals surface area contributed by atoms with Gasteiger partial charge in [0.25, 0.3) is 0 Å². The van der Waals surface area contributed by atoms with Crippen molar-refractivity contribution in [2.24, 2.45) is 10.8 Å². The lowest BCUT2D eigenvalue weighted by atomic mass is 9.90. The van der Waals surface area contributed by atoms with Crippen molar-refractivity contribution in [3.8, 4) is 0 Å². The molecule has 0 aliphatic rings. The molecule has 37 heavy (non-hydrogen) atoms. The molecule has 0 spiro atoms. The monoisotopic (exact) mass is 520 g/mol. The minimum Gasteiger partial charge on any atom is -0.462 e. The zero-order chi connectivity index (χ0) is 28.3. The fourth-order valence-corrected chi connectivity index (χ4v) is 2.42. The molecule has 0 aromatic carbocycles. The predicted octanol–water partition coefficient (Wildman–Crippen LogP) is 1.81. The van der Waals surface area contributed by atoms with E-state index in [-0.39, 0.29) is 26.4 Å². The summed E-state index contributed by atoms with van der Waals surface area (Å²) in [4.78, 5) is 58.4. The molecule has 0 N–H and O–H groups in total. The Kier molecular flexibility index (Phi) is 15.2. The molecule has 0 aromatic rings. The fourth-order valence-electron chi connectivity index (χ4n) is 2.42. The highest BCUT2D eigenvalue weighted by Crippen LogP contribution is 2.26. The average molecular weight is 521 g/mol. The minimum absolute atomic E-state index is 0.243. The zero-order valence-corrected chi connectivity index (χ0v) is 20.6. The van der Waals surface area contributed by atoms with Gasteiger partial charge in [0.05, 0.1) is 24.0 Å². The molecular weight excluding hydrogens is 488 g/mol. The molecule has 0 fully saturated rings. The molecule has 0 rings (SSSR count). The largest absolute Gasteiger partial charge is 0.462 e. The lowest BCUT2D eigenvalue weighted by Gasteiger charge is -2.34. The molecule has 0 radical (unpaired) electrons. The minimum atomic E-state index is -1.39. The maximum absolute atomic E-state index is 11.7. The Morgan fingerprint density at radius 1 is 0.459 bits per heavy atom. The Balaban J connectivity index is 5.94. The van der Waals surface area contributed by atoms with Crippen LogP contribution in [0.25, 0.3) is 0 Å². The first-order chi connectivity index (χ1) is 17.5. The van der Waals surface area contributed by atoms with Crippen molar-refractivity contribution in [3.63, 3.8) is 0 Å². The van der Waals surface area contributed by atoms with Gasteiger partial charge in [-0.05, 0) is 0 Å². The second-order valence-corrected chi connectivity index (χ2v) is 7.62. The van der Waals surface area contributed by atoms with Gasteiger partial charge in [-0.3, -0.25) is 0 Å². The van der Waals surface area contributed by atoms with Crippen molar-refractivity contribution in [2.45, 2.75) is 0 Å². The van der Waals surface area contributed by atoms with E-state index >= 15 is 0 Å². The normalized spacial score (nSPS) is 10.6. The molecule has 0 saturated heterocycles. The second kappa shape index (κ2) is 17.2. The molecule has 0 atom stereocenters. The molecule has 0 heterocycles. The fraction of sp³-hybridized carbons (Fsp3) is 0.346. The molecular formula is C26H32O11. The van der Waals surface area contributed by atoms with E-state index < -0.39 is 60.5 Å². The first-order valence-corrected chi connectivity index (χ1v) is 10.7. The van der Waals surface area contributed by atoms with Crippen LogP contribution in [0.2, 0.25) is 0 Å². The zero-order valence-electron chi connectivity index (χ0n) is 20.6. The van der Waals surface area contributed by atoms with E-state index in [4.69, 9.17) is 28.4 Å². The van der Waals surface area contributed by atoms with Crippen LogP contribution in [-0.2, 0) is 52.4 Å². The van der Waals surface area contributed by atoms with Crippen LogP contribution in [0.15, 0.2) is 75.9 Å². The highest BCUT2D eigenvalue weighted by Gasteiger charge is 2.38. The Morgan fingerprint density at radius 3 is 1.03 bits per heavy atom. The summed E-state index contributed by atoms with van der Waals surface area (Å²) >= 11 is 0. The summed E-state index contributed by atoms with van der Waals surface area (Å²) in [7, 11) is 0. The molecule has 0 unspecified atom stereocenters.